The zero-order chi connectivity index (χ0) is 10.7. The van der Waals surface area contributed by atoms with E-state index in [1.807, 2.05) is 0 Å². The molecule has 1 atom stereocenters. The summed E-state index contributed by atoms with van der Waals surface area (Å²) in [6, 6.07) is 0. The van der Waals surface area contributed by atoms with E-state index >= 15 is 0 Å². The first-order chi connectivity index (χ1) is 6.56. The molecular formula is C8H9BrN2O3. The summed E-state index contributed by atoms with van der Waals surface area (Å²) in [4.78, 5) is 29.5. The Balaban J connectivity index is 2.86. The molecule has 1 heterocycles. The Labute approximate surface area is 89.4 Å². The molecule has 76 valence electrons. The highest BCUT2D eigenvalue weighted by atomic mass is 79.9. The Morgan fingerprint density at radius 1 is 1.64 bits per heavy atom. The van der Waals surface area contributed by atoms with Gasteiger partial charge in [-0.15, -0.1) is 0 Å². The van der Waals surface area contributed by atoms with Gasteiger partial charge in [0.25, 0.3) is 0 Å². The number of carbonyl (C=O) groups excluding carboxylic acids is 2. The number of rotatable bonds is 2. The van der Waals surface area contributed by atoms with Crippen molar-refractivity contribution in [2.24, 2.45) is 9.98 Å². The molecule has 1 aliphatic rings. The van der Waals surface area contributed by atoms with Crippen LogP contribution in [0.1, 0.15) is 13.8 Å². The highest BCUT2D eigenvalue weighted by Gasteiger charge is 2.27. The normalized spacial score (nSPS) is 21.4. The van der Waals surface area contributed by atoms with E-state index in [4.69, 9.17) is 0 Å². The van der Waals surface area contributed by atoms with Crippen LogP contribution in [0.5, 0.6) is 0 Å². The first-order valence-corrected chi connectivity index (χ1v) is 4.96. The van der Waals surface area contributed by atoms with Crippen LogP contribution in [-0.4, -0.2) is 34.9 Å². The molecule has 6 heteroatoms. The van der Waals surface area contributed by atoms with Crippen molar-refractivity contribution in [2.45, 2.75) is 18.8 Å². The molecular weight excluding hydrogens is 252 g/mol. The summed E-state index contributed by atoms with van der Waals surface area (Å²) in [5.41, 5.74) is 0.280. The number of hydrogen-bond donors (Lipinski definition) is 0. The van der Waals surface area contributed by atoms with Gasteiger partial charge in [-0.1, -0.05) is 15.9 Å². The van der Waals surface area contributed by atoms with Gasteiger partial charge in [-0.3, -0.25) is 9.79 Å². The standard InChI is InChI=1S/C8H9BrN2O3/c1-3-14-8(13)5-7(12)10-4(2)6(9)11-5/h6H,3H2,1-2H3. The van der Waals surface area contributed by atoms with E-state index in [2.05, 4.69) is 30.7 Å². The topological polar surface area (TPSA) is 68.1 Å². The Hall–Kier alpha value is -1.04. The van der Waals surface area contributed by atoms with E-state index in [1.165, 1.54) is 0 Å². The van der Waals surface area contributed by atoms with Crippen LogP contribution in [-0.2, 0) is 14.3 Å². The monoisotopic (exact) mass is 260 g/mol. The second-order valence-corrected chi connectivity index (χ2v) is 3.46. The molecule has 0 N–H and O–H groups in total. The van der Waals surface area contributed by atoms with Gasteiger partial charge in [-0.25, -0.2) is 9.79 Å². The largest absolute Gasteiger partial charge is 0.461 e. The van der Waals surface area contributed by atoms with Gasteiger partial charge in [0.1, 0.15) is 4.95 Å². The molecule has 0 saturated heterocycles. The lowest BCUT2D eigenvalue weighted by atomic mass is 10.3. The average Bonchev–Trinajstić information content (AvgIpc) is 2.11. The number of amides is 1. The predicted molar refractivity (Wildman–Crippen MR) is 54.9 cm³/mol. The summed E-state index contributed by atoms with van der Waals surface area (Å²) < 4.78 is 4.65. The summed E-state index contributed by atoms with van der Waals surface area (Å²) in [6.45, 7) is 3.52. The summed E-state index contributed by atoms with van der Waals surface area (Å²) in [6.07, 6.45) is 0. The molecule has 1 unspecified atom stereocenters. The predicted octanol–water partition coefficient (Wildman–Crippen LogP) is 0.713. The fourth-order valence-electron chi connectivity index (χ4n) is 0.868. The molecule has 0 aromatic carbocycles. The zero-order valence-corrected chi connectivity index (χ0v) is 9.37. The highest BCUT2D eigenvalue weighted by Crippen LogP contribution is 2.11. The summed E-state index contributed by atoms with van der Waals surface area (Å²) in [7, 11) is 0. The minimum Gasteiger partial charge on any atom is -0.461 e. The second kappa shape index (κ2) is 4.45. The minimum atomic E-state index is -0.724. The van der Waals surface area contributed by atoms with Gasteiger partial charge in [-0.2, -0.15) is 0 Å². The van der Waals surface area contributed by atoms with E-state index in [-0.39, 0.29) is 12.3 Å². The molecule has 5 nitrogen and oxygen atoms in total. The molecule has 0 spiro atoms. The Kier molecular flexibility index (Phi) is 3.51. The van der Waals surface area contributed by atoms with Crippen molar-refractivity contribution in [2.75, 3.05) is 6.61 Å². The molecule has 0 bridgehead atoms. The zero-order valence-electron chi connectivity index (χ0n) is 7.78. The van der Waals surface area contributed by atoms with Crippen molar-refractivity contribution in [3.05, 3.63) is 0 Å². The Morgan fingerprint density at radius 2 is 2.29 bits per heavy atom. The van der Waals surface area contributed by atoms with Gasteiger partial charge in [-0.05, 0) is 13.8 Å². The smallest absolute Gasteiger partial charge is 0.362 e. The number of nitrogens with zero attached hydrogens (tertiary/aromatic N) is 2. The van der Waals surface area contributed by atoms with Gasteiger partial charge in [0.05, 0.1) is 12.3 Å². The number of halogens is 1. The maximum absolute atomic E-state index is 11.2. The van der Waals surface area contributed by atoms with Crippen molar-refractivity contribution in [1.82, 2.24) is 0 Å². The molecule has 0 aromatic heterocycles. The third kappa shape index (κ3) is 2.25. The molecule has 0 aromatic rings. The summed E-state index contributed by atoms with van der Waals surface area (Å²) in [5, 5.41) is 0. The van der Waals surface area contributed by atoms with E-state index in [9.17, 15) is 9.59 Å². The van der Waals surface area contributed by atoms with Crippen molar-refractivity contribution in [1.29, 1.82) is 0 Å². The van der Waals surface area contributed by atoms with E-state index < -0.39 is 16.8 Å². The Morgan fingerprint density at radius 3 is 2.86 bits per heavy atom. The average molecular weight is 261 g/mol. The molecule has 0 saturated carbocycles. The minimum absolute atomic E-state index is 0.209. The van der Waals surface area contributed by atoms with Crippen LogP contribution in [0.25, 0.3) is 0 Å². The van der Waals surface area contributed by atoms with Crippen LogP contribution in [0.3, 0.4) is 0 Å². The molecule has 1 aliphatic heterocycles. The lowest BCUT2D eigenvalue weighted by molar-refractivity contribution is -0.135. The number of aliphatic imine (C=N–C) groups is 2. The maximum Gasteiger partial charge on any atom is 0.362 e. The van der Waals surface area contributed by atoms with Gasteiger partial charge in [0.2, 0.25) is 5.71 Å². The van der Waals surface area contributed by atoms with E-state index in [1.54, 1.807) is 13.8 Å². The number of hydrogen-bond acceptors (Lipinski definition) is 4. The lowest BCUT2D eigenvalue weighted by Crippen LogP contribution is -2.32. The van der Waals surface area contributed by atoms with Gasteiger partial charge >= 0.3 is 11.9 Å². The van der Waals surface area contributed by atoms with Crippen molar-refractivity contribution < 1.29 is 14.3 Å². The summed E-state index contributed by atoms with van der Waals surface area (Å²) in [5.74, 6) is -1.37. The van der Waals surface area contributed by atoms with Crippen LogP contribution in [0.2, 0.25) is 0 Å². The van der Waals surface area contributed by atoms with E-state index in [0.29, 0.717) is 5.71 Å². The van der Waals surface area contributed by atoms with Gasteiger partial charge in [0.15, 0.2) is 0 Å². The quantitative estimate of drug-likeness (QED) is 0.417. The fourth-order valence-corrected chi connectivity index (χ4v) is 1.17. The van der Waals surface area contributed by atoms with Crippen LogP contribution >= 0.6 is 15.9 Å². The highest BCUT2D eigenvalue weighted by molar-refractivity contribution is 9.10. The van der Waals surface area contributed by atoms with Gasteiger partial charge in [0, 0.05) is 0 Å². The number of alkyl halides is 1. The molecule has 0 aliphatic carbocycles. The van der Waals surface area contributed by atoms with Crippen LogP contribution in [0.4, 0.5) is 0 Å². The third-order valence-corrected chi connectivity index (χ3v) is 2.40. The third-order valence-electron chi connectivity index (χ3n) is 1.54. The maximum atomic E-state index is 11.2. The van der Waals surface area contributed by atoms with Crippen LogP contribution in [0.15, 0.2) is 9.98 Å². The Bertz CT molecular complexity index is 335. The first kappa shape index (κ1) is 11.0. The second-order valence-electron chi connectivity index (χ2n) is 2.59. The first-order valence-electron chi connectivity index (χ1n) is 4.04. The number of carbonyl (C=O) groups is 2. The van der Waals surface area contributed by atoms with E-state index in [0.717, 1.165) is 0 Å². The fraction of sp³-hybridized carbons (Fsp3) is 0.500. The lowest BCUT2D eigenvalue weighted by Gasteiger charge is -2.11. The number of ether oxygens (including phenoxy) is 1. The SMILES string of the molecule is CCOC(=O)C1=NC(Br)C(C)=NC1=O. The summed E-state index contributed by atoms with van der Waals surface area (Å²) >= 11 is 3.16. The van der Waals surface area contributed by atoms with Crippen molar-refractivity contribution in [3.8, 4) is 0 Å². The van der Waals surface area contributed by atoms with Crippen molar-refractivity contribution in [3.63, 3.8) is 0 Å². The molecule has 1 amide bonds. The number of esters is 1. The molecule has 1 rings (SSSR count). The van der Waals surface area contributed by atoms with Crippen molar-refractivity contribution >= 4 is 39.2 Å². The van der Waals surface area contributed by atoms with Crippen LogP contribution in [0, 0.1) is 0 Å². The van der Waals surface area contributed by atoms with Crippen LogP contribution < -0.4 is 0 Å². The molecule has 0 fully saturated rings. The molecule has 14 heavy (non-hydrogen) atoms. The molecule has 0 radical (unpaired) electrons. The van der Waals surface area contributed by atoms with Gasteiger partial charge < -0.3 is 4.74 Å².